The number of nitrogens with zero attached hydrogens (tertiary/aromatic N) is 4. The van der Waals surface area contributed by atoms with E-state index in [2.05, 4.69) is 15.6 Å². The highest BCUT2D eigenvalue weighted by Gasteiger charge is 2.44. The first-order valence-electron chi connectivity index (χ1n) is 13.6. The normalized spacial score (nSPS) is 18.6. The van der Waals surface area contributed by atoms with Crippen LogP contribution in [0.4, 0.5) is 0 Å². The van der Waals surface area contributed by atoms with Crippen LogP contribution in [-0.4, -0.2) is 75.1 Å². The SMILES string of the molecule is COCc1cn(C(C(=O)N2CC(C(=O)NC(Cc3ccc(-c4ccccc4)cc3)C(N)=O)[C@@H](O)C2)C(C)(C)C)nn1. The largest absolute Gasteiger partial charge is 0.390 e. The number of aliphatic hydroxyl groups is 1. The lowest BCUT2D eigenvalue weighted by Crippen LogP contribution is -2.49. The highest BCUT2D eigenvalue weighted by atomic mass is 16.5. The summed E-state index contributed by atoms with van der Waals surface area (Å²) < 4.78 is 6.61. The molecule has 1 fully saturated rings. The van der Waals surface area contributed by atoms with Gasteiger partial charge in [-0.25, -0.2) is 4.68 Å². The second-order valence-electron chi connectivity index (χ2n) is 11.5. The summed E-state index contributed by atoms with van der Waals surface area (Å²) >= 11 is 0. The average molecular weight is 563 g/mol. The van der Waals surface area contributed by atoms with Gasteiger partial charge < -0.3 is 25.8 Å². The third kappa shape index (κ3) is 7.17. The van der Waals surface area contributed by atoms with Crippen LogP contribution in [0.25, 0.3) is 11.1 Å². The molecule has 11 nitrogen and oxygen atoms in total. The first kappa shape index (κ1) is 29.9. The van der Waals surface area contributed by atoms with Gasteiger partial charge in [0, 0.05) is 26.6 Å². The molecule has 1 aromatic heterocycles. The number of rotatable bonds is 10. The molecule has 41 heavy (non-hydrogen) atoms. The zero-order valence-corrected chi connectivity index (χ0v) is 23.9. The lowest BCUT2D eigenvalue weighted by molar-refractivity contribution is -0.138. The number of aliphatic hydroxyl groups excluding tert-OH is 1. The van der Waals surface area contributed by atoms with E-state index in [1.807, 2.05) is 75.4 Å². The first-order valence-corrected chi connectivity index (χ1v) is 13.6. The number of primary amides is 1. The number of ether oxygens (including phenoxy) is 1. The van der Waals surface area contributed by atoms with Crippen LogP contribution in [0.3, 0.4) is 0 Å². The van der Waals surface area contributed by atoms with Crippen molar-refractivity contribution in [3.8, 4) is 11.1 Å². The molecule has 1 aliphatic heterocycles. The van der Waals surface area contributed by atoms with E-state index in [1.54, 1.807) is 13.3 Å². The zero-order valence-electron chi connectivity index (χ0n) is 23.9. The summed E-state index contributed by atoms with van der Waals surface area (Å²) in [6.45, 7) is 5.96. The maximum Gasteiger partial charge on any atom is 0.248 e. The molecule has 1 saturated heterocycles. The van der Waals surface area contributed by atoms with Crippen molar-refractivity contribution in [3.63, 3.8) is 0 Å². The van der Waals surface area contributed by atoms with Crippen molar-refractivity contribution in [2.75, 3.05) is 20.2 Å². The minimum absolute atomic E-state index is 0.00467. The van der Waals surface area contributed by atoms with Gasteiger partial charge in [0.05, 0.1) is 24.8 Å². The fraction of sp³-hybridized carbons (Fsp3) is 0.433. The molecular weight excluding hydrogens is 524 g/mol. The maximum atomic E-state index is 13.7. The quantitative estimate of drug-likeness (QED) is 0.340. The van der Waals surface area contributed by atoms with Crippen molar-refractivity contribution in [2.45, 2.75) is 52.0 Å². The number of benzene rings is 2. The highest BCUT2D eigenvalue weighted by Crippen LogP contribution is 2.33. The fourth-order valence-corrected chi connectivity index (χ4v) is 5.13. The van der Waals surface area contributed by atoms with Gasteiger partial charge in [-0.3, -0.25) is 14.4 Å². The summed E-state index contributed by atoms with van der Waals surface area (Å²) in [5.74, 6) is -2.42. The second kappa shape index (κ2) is 12.6. The van der Waals surface area contributed by atoms with Gasteiger partial charge in [-0.15, -0.1) is 5.10 Å². The summed E-state index contributed by atoms with van der Waals surface area (Å²) in [5.41, 5.74) is 8.61. The summed E-state index contributed by atoms with van der Waals surface area (Å²) in [5, 5.41) is 21.7. The molecule has 2 heterocycles. The van der Waals surface area contributed by atoms with E-state index in [9.17, 15) is 19.5 Å². The number of likely N-dealkylation sites (tertiary alicyclic amines) is 1. The van der Waals surface area contributed by atoms with Crippen molar-refractivity contribution < 1.29 is 24.2 Å². The van der Waals surface area contributed by atoms with E-state index in [-0.39, 0.29) is 32.0 Å². The molecule has 4 N–H and O–H groups in total. The highest BCUT2D eigenvalue weighted by molar-refractivity contribution is 5.89. The second-order valence-corrected chi connectivity index (χ2v) is 11.5. The Hall–Kier alpha value is -4.09. The molecule has 4 atom stereocenters. The number of hydrogen-bond acceptors (Lipinski definition) is 7. The molecule has 3 unspecified atom stereocenters. The summed E-state index contributed by atoms with van der Waals surface area (Å²) in [7, 11) is 1.55. The lowest BCUT2D eigenvalue weighted by atomic mass is 9.86. The molecule has 0 aliphatic carbocycles. The van der Waals surface area contributed by atoms with E-state index in [0.29, 0.717) is 5.69 Å². The van der Waals surface area contributed by atoms with Crippen LogP contribution in [0.5, 0.6) is 0 Å². The number of aromatic nitrogens is 3. The summed E-state index contributed by atoms with van der Waals surface area (Å²) in [4.78, 5) is 40.6. The third-order valence-electron chi connectivity index (χ3n) is 7.27. The molecule has 4 rings (SSSR count). The van der Waals surface area contributed by atoms with Crippen molar-refractivity contribution in [1.29, 1.82) is 0 Å². The Labute approximate surface area is 239 Å². The number of β-amino-alcohol motifs (C(OH)–C–C–N with tert-alkyl or cyclic N) is 1. The Morgan fingerprint density at radius 2 is 1.73 bits per heavy atom. The minimum Gasteiger partial charge on any atom is -0.390 e. The fourth-order valence-electron chi connectivity index (χ4n) is 5.13. The predicted molar refractivity (Wildman–Crippen MR) is 152 cm³/mol. The van der Waals surface area contributed by atoms with Gasteiger partial charge in [0.2, 0.25) is 17.7 Å². The van der Waals surface area contributed by atoms with Gasteiger partial charge in [-0.05, 0) is 22.1 Å². The van der Waals surface area contributed by atoms with Gasteiger partial charge in [0.15, 0.2) is 0 Å². The number of nitrogens with two attached hydrogens (primary N) is 1. The number of amides is 3. The minimum atomic E-state index is -1.10. The zero-order chi connectivity index (χ0) is 29.7. The predicted octanol–water partition coefficient (Wildman–Crippen LogP) is 1.71. The first-order chi connectivity index (χ1) is 19.5. The van der Waals surface area contributed by atoms with Crippen molar-refractivity contribution >= 4 is 17.7 Å². The van der Waals surface area contributed by atoms with Gasteiger partial charge in [-0.2, -0.15) is 0 Å². The Morgan fingerprint density at radius 3 is 2.34 bits per heavy atom. The Bertz CT molecular complexity index is 1350. The molecule has 0 spiro atoms. The summed E-state index contributed by atoms with van der Waals surface area (Å²) in [6, 6.07) is 15.9. The molecule has 0 bridgehead atoms. The van der Waals surface area contributed by atoms with Gasteiger partial charge >= 0.3 is 0 Å². The molecule has 2 aromatic carbocycles. The number of nitrogens with one attached hydrogen (secondary N) is 1. The topological polar surface area (TPSA) is 153 Å². The van der Waals surface area contributed by atoms with Gasteiger partial charge in [0.1, 0.15) is 17.8 Å². The summed E-state index contributed by atoms with van der Waals surface area (Å²) in [6.07, 6.45) is 0.764. The van der Waals surface area contributed by atoms with Crippen LogP contribution in [0.15, 0.2) is 60.8 Å². The van der Waals surface area contributed by atoms with Crippen LogP contribution in [0.1, 0.15) is 38.1 Å². The van der Waals surface area contributed by atoms with Crippen LogP contribution in [0, 0.1) is 11.3 Å². The van der Waals surface area contributed by atoms with E-state index in [4.69, 9.17) is 10.5 Å². The van der Waals surface area contributed by atoms with Crippen LogP contribution in [-0.2, 0) is 32.1 Å². The van der Waals surface area contributed by atoms with Crippen molar-refractivity contribution in [3.05, 3.63) is 72.1 Å². The van der Waals surface area contributed by atoms with Gasteiger partial charge in [0.25, 0.3) is 0 Å². The number of hydrogen-bond donors (Lipinski definition) is 3. The molecular formula is C30H38N6O5. The third-order valence-corrected chi connectivity index (χ3v) is 7.27. The monoisotopic (exact) mass is 562 g/mol. The molecule has 218 valence electrons. The van der Waals surface area contributed by atoms with Crippen molar-refractivity contribution in [1.82, 2.24) is 25.2 Å². The molecule has 3 amide bonds. The molecule has 11 heteroatoms. The van der Waals surface area contributed by atoms with Gasteiger partial charge in [-0.1, -0.05) is 80.6 Å². The Kier molecular flexibility index (Phi) is 9.19. The Balaban J connectivity index is 1.42. The number of methoxy groups -OCH3 is 1. The van der Waals surface area contributed by atoms with E-state index in [1.165, 1.54) is 9.58 Å². The molecule has 1 aliphatic rings. The maximum absolute atomic E-state index is 13.7. The molecule has 0 radical (unpaired) electrons. The Morgan fingerprint density at radius 1 is 1.07 bits per heavy atom. The number of carbonyl (C=O) groups is 3. The number of carbonyl (C=O) groups excluding carboxylic acids is 3. The van der Waals surface area contributed by atoms with E-state index in [0.717, 1.165) is 16.7 Å². The average Bonchev–Trinajstić information content (AvgIpc) is 3.55. The standard InChI is InChI=1S/C30H38N6O5/c1-30(2,3)26(36-15-22(18-41-4)33-34-36)29(40)35-16-23(25(37)17-35)28(39)32-24(27(31)38)14-19-10-12-21(13-11-19)20-8-6-5-7-9-20/h5-13,15,23-26,37H,14,16-18H2,1-4H3,(H2,31,38)(H,32,39)/t23?,24?,25-,26?/m0/s1. The smallest absolute Gasteiger partial charge is 0.248 e. The van der Waals surface area contributed by atoms with Crippen LogP contribution in [0.2, 0.25) is 0 Å². The molecule has 3 aromatic rings. The molecule has 0 saturated carbocycles. The van der Waals surface area contributed by atoms with Crippen LogP contribution < -0.4 is 11.1 Å². The van der Waals surface area contributed by atoms with E-state index < -0.39 is 41.3 Å². The van der Waals surface area contributed by atoms with E-state index >= 15 is 0 Å². The lowest BCUT2D eigenvalue weighted by Gasteiger charge is -2.32. The van der Waals surface area contributed by atoms with Crippen LogP contribution >= 0.6 is 0 Å². The van der Waals surface area contributed by atoms with Crippen molar-refractivity contribution in [2.24, 2.45) is 17.1 Å².